The molecule has 0 aliphatic heterocycles. The molecule has 2 aromatic carbocycles. The quantitative estimate of drug-likeness (QED) is 0.183. The van der Waals surface area contributed by atoms with Gasteiger partial charge in [-0.2, -0.15) is 0 Å². The molecule has 5 amide bonds. The van der Waals surface area contributed by atoms with Gasteiger partial charge in [-0.25, -0.2) is 4.79 Å². The van der Waals surface area contributed by atoms with Crippen LogP contribution >= 0.6 is 0 Å². The van der Waals surface area contributed by atoms with E-state index in [4.69, 9.17) is 15.2 Å². The fourth-order valence-electron chi connectivity index (χ4n) is 5.93. The van der Waals surface area contributed by atoms with Gasteiger partial charge in [0.05, 0.1) is 0 Å². The summed E-state index contributed by atoms with van der Waals surface area (Å²) in [4.78, 5) is 65.5. The average molecular weight is 708 g/mol. The Morgan fingerprint density at radius 2 is 1.33 bits per heavy atom. The lowest BCUT2D eigenvalue weighted by Crippen LogP contribution is -2.54. The Bertz CT molecular complexity index is 1480. The Morgan fingerprint density at radius 1 is 0.745 bits per heavy atom. The molecule has 1 aliphatic carbocycles. The highest BCUT2D eigenvalue weighted by molar-refractivity contribution is 5.92. The summed E-state index contributed by atoms with van der Waals surface area (Å²) in [7, 11) is 0. The highest BCUT2D eigenvalue weighted by Crippen LogP contribution is 2.27. The molecule has 0 saturated heterocycles. The Labute approximate surface area is 302 Å². The smallest absolute Gasteiger partial charge is 0.408 e. The van der Waals surface area contributed by atoms with Crippen LogP contribution in [-0.4, -0.2) is 65.1 Å². The van der Waals surface area contributed by atoms with Crippen LogP contribution in [-0.2, 0) is 36.8 Å². The number of hydrogen-bond acceptors (Lipinski definition) is 7. The van der Waals surface area contributed by atoms with Gasteiger partial charge in [0.15, 0.2) is 0 Å². The van der Waals surface area contributed by atoms with E-state index in [-0.39, 0.29) is 36.3 Å². The number of nitrogens with one attached hydrogen (secondary N) is 4. The minimum Gasteiger partial charge on any atom is -0.488 e. The molecule has 1 saturated carbocycles. The van der Waals surface area contributed by atoms with Gasteiger partial charge < -0.3 is 36.5 Å². The highest BCUT2D eigenvalue weighted by Gasteiger charge is 2.35. The first-order valence-electron chi connectivity index (χ1n) is 17.8. The van der Waals surface area contributed by atoms with Gasteiger partial charge in [-0.3, -0.25) is 19.2 Å². The molecule has 0 heterocycles. The van der Waals surface area contributed by atoms with E-state index in [2.05, 4.69) is 21.3 Å². The van der Waals surface area contributed by atoms with E-state index < -0.39 is 53.5 Å². The van der Waals surface area contributed by atoms with Crippen molar-refractivity contribution in [1.82, 2.24) is 21.3 Å². The zero-order valence-electron chi connectivity index (χ0n) is 31.3. The van der Waals surface area contributed by atoms with Crippen molar-refractivity contribution in [3.05, 3.63) is 65.7 Å². The van der Waals surface area contributed by atoms with Gasteiger partial charge in [-0.1, -0.05) is 56.3 Å². The van der Waals surface area contributed by atoms with E-state index in [1.165, 1.54) is 0 Å². The van der Waals surface area contributed by atoms with Crippen LogP contribution < -0.4 is 31.7 Å². The third-order valence-corrected chi connectivity index (χ3v) is 8.23. The molecule has 1 aliphatic rings. The normalized spacial score (nSPS) is 17.8. The third kappa shape index (κ3) is 14.6. The summed E-state index contributed by atoms with van der Waals surface area (Å²) in [5.41, 5.74) is 6.10. The number of carbonyl (C=O) groups is 5. The second kappa shape index (κ2) is 18.1. The fourth-order valence-corrected chi connectivity index (χ4v) is 5.93. The molecule has 12 heteroatoms. The number of amides is 5. The summed E-state index contributed by atoms with van der Waals surface area (Å²) >= 11 is 0. The molecule has 280 valence electrons. The van der Waals surface area contributed by atoms with E-state index in [1.807, 2.05) is 89.2 Å². The van der Waals surface area contributed by atoms with Gasteiger partial charge >= 0.3 is 6.09 Å². The van der Waals surface area contributed by atoms with Crippen LogP contribution in [0, 0.1) is 11.8 Å². The van der Waals surface area contributed by atoms with E-state index in [1.54, 1.807) is 20.8 Å². The molecule has 0 spiro atoms. The van der Waals surface area contributed by atoms with Gasteiger partial charge in [0.1, 0.15) is 35.1 Å². The zero-order valence-corrected chi connectivity index (χ0v) is 31.3. The summed E-state index contributed by atoms with van der Waals surface area (Å²) in [5.74, 6) is -1.50. The molecular formula is C39H57N5O7. The van der Waals surface area contributed by atoms with Crippen LogP contribution in [0.3, 0.4) is 0 Å². The van der Waals surface area contributed by atoms with Gasteiger partial charge in [0.25, 0.3) is 0 Å². The minimum absolute atomic E-state index is 0.114. The van der Waals surface area contributed by atoms with Crippen LogP contribution in [0.5, 0.6) is 5.75 Å². The summed E-state index contributed by atoms with van der Waals surface area (Å²) in [5, 5.41) is 11.4. The first kappa shape index (κ1) is 40.8. The fraction of sp³-hybridized carbons (Fsp3) is 0.564. The number of primary amides is 1. The largest absolute Gasteiger partial charge is 0.488 e. The Kier molecular flexibility index (Phi) is 14.4. The Morgan fingerprint density at radius 3 is 1.88 bits per heavy atom. The number of carbonyl (C=O) groups excluding carboxylic acids is 5. The third-order valence-electron chi connectivity index (χ3n) is 8.23. The topological polar surface area (TPSA) is 178 Å². The number of ether oxygens (including phenoxy) is 2. The SMILES string of the molecule is CC(C)CC(NC(=O)C(Cc1ccccc1)NC(=O)[C@H]1CC[C@H](NC(=O)C(Cc2ccc(OC(C)(C)C)cc2)NC(=O)OC(C)(C)C)C1)C(N)=O. The van der Waals surface area contributed by atoms with Crippen molar-refractivity contribution in [2.45, 2.75) is 129 Å². The van der Waals surface area contributed by atoms with Crippen molar-refractivity contribution < 1.29 is 33.4 Å². The van der Waals surface area contributed by atoms with Crippen LogP contribution in [0.25, 0.3) is 0 Å². The van der Waals surface area contributed by atoms with Crippen molar-refractivity contribution in [3.8, 4) is 5.75 Å². The number of alkyl carbamates (subject to hydrolysis) is 1. The van der Waals surface area contributed by atoms with Crippen LogP contribution in [0.15, 0.2) is 54.6 Å². The number of rotatable bonds is 15. The van der Waals surface area contributed by atoms with Gasteiger partial charge in [0.2, 0.25) is 23.6 Å². The molecule has 5 atom stereocenters. The summed E-state index contributed by atoms with van der Waals surface area (Å²) in [6.07, 6.45) is 1.47. The Hall–Kier alpha value is -4.61. The Balaban J connectivity index is 1.69. The maximum Gasteiger partial charge on any atom is 0.408 e. The van der Waals surface area contributed by atoms with Gasteiger partial charge in [-0.15, -0.1) is 0 Å². The van der Waals surface area contributed by atoms with Crippen LogP contribution in [0.4, 0.5) is 4.79 Å². The van der Waals surface area contributed by atoms with Crippen molar-refractivity contribution in [2.75, 3.05) is 0 Å². The maximum atomic E-state index is 13.6. The standard InChI is InChI=1S/C39H57N5O7/c1-24(2)20-30(33(40)45)42-36(48)31(21-25-12-10-9-11-13-25)43-34(46)27-16-17-28(23-27)41-35(47)32(44-37(49)51-39(6,7)8)22-26-14-18-29(19-15-26)50-38(3,4)5/h9-15,18-19,24,27-28,30-32H,16-17,20-23H2,1-8H3,(H2,40,45)(H,41,47)(H,42,48)(H,43,46)(H,44,49)/t27-,28-,30?,31?,32?/m0/s1. The lowest BCUT2D eigenvalue weighted by molar-refractivity contribution is -0.132. The van der Waals surface area contributed by atoms with Crippen molar-refractivity contribution in [1.29, 1.82) is 0 Å². The molecule has 6 N–H and O–H groups in total. The second-order valence-corrected chi connectivity index (χ2v) is 15.8. The molecule has 0 bridgehead atoms. The summed E-state index contributed by atoms with van der Waals surface area (Å²) < 4.78 is 11.4. The highest BCUT2D eigenvalue weighted by atomic mass is 16.6. The lowest BCUT2D eigenvalue weighted by atomic mass is 10.00. The lowest BCUT2D eigenvalue weighted by Gasteiger charge is -2.25. The molecule has 51 heavy (non-hydrogen) atoms. The predicted molar refractivity (Wildman–Crippen MR) is 196 cm³/mol. The van der Waals surface area contributed by atoms with E-state index >= 15 is 0 Å². The molecule has 3 rings (SSSR count). The average Bonchev–Trinajstić information content (AvgIpc) is 3.48. The van der Waals surface area contributed by atoms with E-state index in [0.717, 1.165) is 11.1 Å². The molecular weight excluding hydrogens is 650 g/mol. The number of benzene rings is 2. The second-order valence-electron chi connectivity index (χ2n) is 15.8. The van der Waals surface area contributed by atoms with Crippen molar-refractivity contribution in [2.24, 2.45) is 17.6 Å². The monoisotopic (exact) mass is 707 g/mol. The molecule has 12 nitrogen and oxygen atoms in total. The minimum atomic E-state index is -0.940. The molecule has 2 aromatic rings. The van der Waals surface area contributed by atoms with E-state index in [0.29, 0.717) is 31.4 Å². The van der Waals surface area contributed by atoms with Gasteiger partial charge in [-0.05, 0) is 96.4 Å². The molecule has 0 aromatic heterocycles. The molecule has 1 fully saturated rings. The first-order valence-corrected chi connectivity index (χ1v) is 17.8. The van der Waals surface area contributed by atoms with Crippen molar-refractivity contribution >= 4 is 29.7 Å². The first-order chi connectivity index (χ1) is 23.8. The molecule has 0 radical (unpaired) electrons. The van der Waals surface area contributed by atoms with Crippen LogP contribution in [0.1, 0.15) is 92.2 Å². The number of hydrogen-bond donors (Lipinski definition) is 5. The summed E-state index contributed by atoms with van der Waals surface area (Å²) in [6.45, 7) is 15.0. The van der Waals surface area contributed by atoms with Crippen molar-refractivity contribution in [3.63, 3.8) is 0 Å². The predicted octanol–water partition coefficient (Wildman–Crippen LogP) is 4.33. The summed E-state index contributed by atoms with van der Waals surface area (Å²) in [6, 6.07) is 13.6. The number of nitrogens with two attached hydrogens (primary N) is 1. The zero-order chi connectivity index (χ0) is 37.9. The van der Waals surface area contributed by atoms with Crippen LogP contribution in [0.2, 0.25) is 0 Å². The van der Waals surface area contributed by atoms with E-state index in [9.17, 15) is 24.0 Å². The maximum absolute atomic E-state index is 13.6. The molecule has 3 unspecified atom stereocenters. The van der Waals surface area contributed by atoms with Gasteiger partial charge in [0, 0.05) is 24.8 Å².